The van der Waals surface area contributed by atoms with Gasteiger partial charge in [-0.1, -0.05) is 13.8 Å². The number of esters is 1. The van der Waals surface area contributed by atoms with Crippen molar-refractivity contribution in [3.63, 3.8) is 0 Å². The standard InChI is InChI=1S/C25H38O9/c1-12-14(27)10-25(29)21(32-8)19-23(5,20(28)18(31-7)17(12)22(25,3)4)15(30-6)9-16-24(19,11-33-16)34-13(2)26/h14-16,18-19,21,27,29H,9-11H2,1-8H3/t14?,15?,16?,18?,19?,21?,23-,24?,25?/m1/s1. The molecule has 0 aromatic heterocycles. The van der Waals surface area contributed by atoms with Gasteiger partial charge in [0.2, 0.25) is 0 Å². The molecule has 2 saturated carbocycles. The minimum absolute atomic E-state index is 0.00955. The van der Waals surface area contributed by atoms with E-state index in [2.05, 4.69) is 0 Å². The van der Waals surface area contributed by atoms with E-state index in [4.69, 9.17) is 23.7 Å². The summed E-state index contributed by atoms with van der Waals surface area (Å²) in [6.45, 7) is 8.64. The Bertz CT molecular complexity index is 912. The molecule has 0 radical (unpaired) electrons. The largest absolute Gasteiger partial charge is 0.454 e. The summed E-state index contributed by atoms with van der Waals surface area (Å²) in [6.07, 6.45) is -3.84. The molecule has 0 aromatic carbocycles. The maximum Gasteiger partial charge on any atom is 0.303 e. The number of carbonyl (C=O) groups is 2. The minimum atomic E-state index is -1.62. The average Bonchev–Trinajstić information content (AvgIpc) is 2.75. The second-order valence-electron chi connectivity index (χ2n) is 11.1. The number of aliphatic hydroxyl groups is 2. The first kappa shape index (κ1) is 25.7. The summed E-state index contributed by atoms with van der Waals surface area (Å²) in [5, 5.41) is 23.5. The predicted molar refractivity (Wildman–Crippen MR) is 120 cm³/mol. The van der Waals surface area contributed by atoms with Gasteiger partial charge in [0.25, 0.3) is 0 Å². The fraction of sp³-hybridized carbons (Fsp3) is 0.840. The van der Waals surface area contributed by atoms with Gasteiger partial charge in [-0.25, -0.2) is 0 Å². The Morgan fingerprint density at radius 3 is 2.24 bits per heavy atom. The zero-order valence-electron chi connectivity index (χ0n) is 21.3. The molecule has 1 heterocycles. The number of ether oxygens (including phenoxy) is 5. The van der Waals surface area contributed by atoms with Gasteiger partial charge in [-0.05, 0) is 25.0 Å². The molecule has 3 aliphatic carbocycles. The van der Waals surface area contributed by atoms with Crippen molar-refractivity contribution in [3.05, 3.63) is 11.1 Å². The lowest BCUT2D eigenvalue weighted by Crippen LogP contribution is -2.81. The molecule has 2 N–H and O–H groups in total. The van der Waals surface area contributed by atoms with E-state index >= 15 is 0 Å². The minimum Gasteiger partial charge on any atom is -0.454 e. The summed E-state index contributed by atoms with van der Waals surface area (Å²) in [5.41, 5.74) is -3.93. The van der Waals surface area contributed by atoms with Gasteiger partial charge in [0.05, 0.1) is 30.3 Å². The van der Waals surface area contributed by atoms with Crippen LogP contribution < -0.4 is 0 Å². The monoisotopic (exact) mass is 482 g/mol. The molecule has 192 valence electrons. The van der Waals surface area contributed by atoms with Crippen molar-refractivity contribution < 1.29 is 43.5 Å². The molecular formula is C25H38O9. The number of rotatable bonds is 4. The van der Waals surface area contributed by atoms with Crippen LogP contribution in [-0.2, 0) is 33.3 Å². The van der Waals surface area contributed by atoms with Crippen LogP contribution in [0.5, 0.6) is 0 Å². The van der Waals surface area contributed by atoms with E-state index in [0.717, 1.165) is 0 Å². The Kier molecular flexibility index (Phi) is 6.11. The molecule has 4 aliphatic rings. The molecule has 9 heteroatoms. The van der Waals surface area contributed by atoms with Crippen LogP contribution in [0.15, 0.2) is 11.1 Å². The Morgan fingerprint density at radius 2 is 1.76 bits per heavy atom. The molecule has 1 aliphatic heterocycles. The summed E-state index contributed by atoms with van der Waals surface area (Å²) < 4.78 is 29.6. The molecule has 2 bridgehead atoms. The Labute approximate surface area is 200 Å². The molecule has 9 nitrogen and oxygen atoms in total. The Morgan fingerprint density at radius 1 is 1.12 bits per heavy atom. The zero-order valence-corrected chi connectivity index (χ0v) is 21.3. The lowest BCUT2D eigenvalue weighted by molar-refractivity contribution is -0.350. The first-order valence-electron chi connectivity index (χ1n) is 11.8. The van der Waals surface area contributed by atoms with Crippen molar-refractivity contribution in [1.29, 1.82) is 0 Å². The highest BCUT2D eigenvalue weighted by Gasteiger charge is 2.77. The summed E-state index contributed by atoms with van der Waals surface area (Å²) in [6, 6.07) is 0. The SMILES string of the molecule is COC1C(=O)[C@]2(C)C(OC)CC3OCC3(OC(C)=O)C2C(OC)C2(O)CC(O)C(C)=C1C2(C)C. The number of Topliss-reactive ketones (excluding diaryl/α,β-unsaturated/α-hetero) is 1. The van der Waals surface area contributed by atoms with Crippen molar-refractivity contribution >= 4 is 11.8 Å². The van der Waals surface area contributed by atoms with Gasteiger partial charge in [-0.3, -0.25) is 9.59 Å². The van der Waals surface area contributed by atoms with Crippen molar-refractivity contribution in [2.75, 3.05) is 27.9 Å². The van der Waals surface area contributed by atoms with Crippen LogP contribution in [0.1, 0.15) is 47.5 Å². The first-order valence-corrected chi connectivity index (χ1v) is 11.8. The molecule has 34 heavy (non-hydrogen) atoms. The third-order valence-corrected chi connectivity index (χ3v) is 9.42. The number of carbonyl (C=O) groups excluding carboxylic acids is 2. The van der Waals surface area contributed by atoms with Crippen LogP contribution in [0.3, 0.4) is 0 Å². The molecule has 0 spiro atoms. The maximum absolute atomic E-state index is 14.5. The van der Waals surface area contributed by atoms with Crippen LogP contribution in [0.4, 0.5) is 0 Å². The maximum atomic E-state index is 14.5. The zero-order chi connectivity index (χ0) is 25.4. The molecule has 4 rings (SSSR count). The fourth-order valence-corrected chi connectivity index (χ4v) is 7.58. The Balaban J connectivity index is 2.08. The highest BCUT2D eigenvalue weighted by Crippen LogP contribution is 2.64. The van der Waals surface area contributed by atoms with E-state index in [-0.39, 0.29) is 18.8 Å². The van der Waals surface area contributed by atoms with Crippen LogP contribution in [0.25, 0.3) is 0 Å². The average molecular weight is 483 g/mol. The van der Waals surface area contributed by atoms with Crippen LogP contribution in [0.2, 0.25) is 0 Å². The van der Waals surface area contributed by atoms with Crippen LogP contribution >= 0.6 is 0 Å². The Hall–Kier alpha value is -1.36. The van der Waals surface area contributed by atoms with E-state index in [1.165, 1.54) is 28.3 Å². The van der Waals surface area contributed by atoms with Crippen LogP contribution in [0, 0.1) is 16.7 Å². The molecule has 8 unspecified atom stereocenters. The molecule has 0 aromatic rings. The second kappa shape index (κ2) is 8.08. The quantitative estimate of drug-likeness (QED) is 0.449. The lowest BCUT2D eigenvalue weighted by Gasteiger charge is -2.68. The molecule has 3 fully saturated rings. The van der Waals surface area contributed by atoms with E-state index in [1.807, 2.05) is 13.8 Å². The summed E-state index contributed by atoms with van der Waals surface area (Å²) in [4.78, 5) is 26.9. The highest BCUT2D eigenvalue weighted by molar-refractivity contribution is 5.93. The normalized spacial score (nSPS) is 47.6. The van der Waals surface area contributed by atoms with Gasteiger partial charge < -0.3 is 33.9 Å². The van der Waals surface area contributed by atoms with Gasteiger partial charge in [-0.15, -0.1) is 0 Å². The van der Waals surface area contributed by atoms with E-state index in [1.54, 1.807) is 13.8 Å². The molecule has 1 saturated heterocycles. The molecule has 0 amide bonds. The van der Waals surface area contributed by atoms with Gasteiger partial charge in [0.15, 0.2) is 11.4 Å². The smallest absolute Gasteiger partial charge is 0.303 e. The predicted octanol–water partition coefficient (Wildman–Crippen LogP) is 1.18. The highest BCUT2D eigenvalue weighted by atomic mass is 16.6. The summed E-state index contributed by atoms with van der Waals surface area (Å²) >= 11 is 0. The fourth-order valence-electron chi connectivity index (χ4n) is 7.58. The first-order chi connectivity index (χ1) is 15.8. The number of hydrogen-bond donors (Lipinski definition) is 2. The van der Waals surface area contributed by atoms with Gasteiger partial charge >= 0.3 is 5.97 Å². The lowest BCUT2D eigenvalue weighted by atomic mass is 9.44. The molecule has 9 atom stereocenters. The van der Waals surface area contributed by atoms with E-state index < -0.39 is 64.4 Å². The third kappa shape index (κ3) is 2.94. The van der Waals surface area contributed by atoms with Gasteiger partial charge in [0, 0.05) is 52.4 Å². The summed E-state index contributed by atoms with van der Waals surface area (Å²) in [7, 11) is 4.46. The van der Waals surface area contributed by atoms with E-state index in [0.29, 0.717) is 17.6 Å². The van der Waals surface area contributed by atoms with E-state index in [9.17, 15) is 19.8 Å². The van der Waals surface area contributed by atoms with Gasteiger partial charge in [0.1, 0.15) is 17.8 Å². The van der Waals surface area contributed by atoms with Crippen molar-refractivity contribution in [1.82, 2.24) is 0 Å². The topological polar surface area (TPSA) is 121 Å². The number of aliphatic hydroxyl groups excluding tert-OH is 1. The number of ketones is 1. The third-order valence-electron chi connectivity index (χ3n) is 9.42. The van der Waals surface area contributed by atoms with Crippen molar-refractivity contribution in [2.45, 2.75) is 89.2 Å². The second-order valence-corrected chi connectivity index (χ2v) is 11.1. The van der Waals surface area contributed by atoms with Gasteiger partial charge in [-0.2, -0.15) is 0 Å². The van der Waals surface area contributed by atoms with Crippen molar-refractivity contribution in [3.8, 4) is 0 Å². The number of hydrogen-bond acceptors (Lipinski definition) is 9. The van der Waals surface area contributed by atoms with Crippen molar-refractivity contribution in [2.24, 2.45) is 16.7 Å². The number of methoxy groups -OCH3 is 3. The number of fused-ring (bicyclic) bond motifs is 5. The molecular weight excluding hydrogens is 444 g/mol. The van der Waals surface area contributed by atoms with Crippen LogP contribution in [-0.4, -0.2) is 91.6 Å². The summed E-state index contributed by atoms with van der Waals surface area (Å²) in [5.74, 6) is -1.59.